The van der Waals surface area contributed by atoms with Crippen molar-refractivity contribution in [2.75, 3.05) is 26.7 Å². The highest BCUT2D eigenvalue weighted by Crippen LogP contribution is 2.25. The molecule has 134 valence electrons. The van der Waals surface area contributed by atoms with Crippen LogP contribution < -0.4 is 5.32 Å². The summed E-state index contributed by atoms with van der Waals surface area (Å²) in [5.41, 5.74) is 3.07. The van der Waals surface area contributed by atoms with Gasteiger partial charge in [-0.25, -0.2) is 4.39 Å². The Morgan fingerprint density at radius 3 is 2.52 bits per heavy atom. The summed E-state index contributed by atoms with van der Waals surface area (Å²) < 4.78 is 14.5. The summed E-state index contributed by atoms with van der Waals surface area (Å²) in [6.07, 6.45) is 0.968. The summed E-state index contributed by atoms with van der Waals surface area (Å²) in [7, 11) is 1.91. The molecular weight excluding hydrogens is 339 g/mol. The fourth-order valence-electron chi connectivity index (χ4n) is 3.26. The first-order chi connectivity index (χ1) is 11.6. The van der Waals surface area contributed by atoms with Gasteiger partial charge in [0.1, 0.15) is 5.82 Å². The molecular formula is C20H24ClFN2O. The second-order valence-electron chi connectivity index (χ2n) is 6.52. The fourth-order valence-corrected chi connectivity index (χ4v) is 3.26. The van der Waals surface area contributed by atoms with E-state index in [0.29, 0.717) is 19.0 Å². The molecule has 2 aromatic carbocycles. The molecule has 5 heteroatoms. The Labute approximate surface area is 154 Å². The summed E-state index contributed by atoms with van der Waals surface area (Å²) in [5, 5.41) is 3.14. The zero-order chi connectivity index (χ0) is 17.1. The SMILES string of the molecule is CNCC1CCN(C(=O)c2ccc(-c3ccc(C)cc3)cc2F)C1.Cl. The third-order valence-electron chi connectivity index (χ3n) is 4.65. The molecule has 0 radical (unpaired) electrons. The van der Waals surface area contributed by atoms with Crippen molar-refractivity contribution in [1.29, 1.82) is 0 Å². The van der Waals surface area contributed by atoms with Gasteiger partial charge in [-0.2, -0.15) is 0 Å². The van der Waals surface area contributed by atoms with Crippen LogP contribution in [-0.2, 0) is 0 Å². The average molecular weight is 363 g/mol. The van der Waals surface area contributed by atoms with E-state index in [1.165, 1.54) is 6.07 Å². The standard InChI is InChI=1S/C20H23FN2O.ClH/c1-14-3-5-16(6-4-14)17-7-8-18(19(21)11-17)20(24)23-10-9-15(13-23)12-22-2;/h3-8,11,15,22H,9-10,12-13H2,1-2H3;1H. The van der Waals surface area contributed by atoms with Gasteiger partial charge in [0.15, 0.2) is 0 Å². The van der Waals surface area contributed by atoms with Gasteiger partial charge in [0.25, 0.3) is 5.91 Å². The Balaban J connectivity index is 0.00000225. The number of nitrogens with one attached hydrogen (secondary N) is 1. The number of amides is 1. The highest BCUT2D eigenvalue weighted by molar-refractivity contribution is 5.95. The van der Waals surface area contributed by atoms with Crippen molar-refractivity contribution in [3.05, 3.63) is 59.4 Å². The zero-order valence-electron chi connectivity index (χ0n) is 14.6. The van der Waals surface area contributed by atoms with Crippen LogP contribution in [0, 0.1) is 18.7 Å². The lowest BCUT2D eigenvalue weighted by Gasteiger charge is -2.17. The van der Waals surface area contributed by atoms with E-state index in [1.807, 2.05) is 44.3 Å². The van der Waals surface area contributed by atoms with Crippen molar-refractivity contribution in [2.24, 2.45) is 5.92 Å². The van der Waals surface area contributed by atoms with Gasteiger partial charge in [-0.1, -0.05) is 35.9 Å². The number of aryl methyl sites for hydroxylation is 1. The first-order valence-corrected chi connectivity index (χ1v) is 8.39. The first kappa shape index (κ1) is 19.4. The molecule has 1 amide bonds. The highest BCUT2D eigenvalue weighted by atomic mass is 35.5. The molecule has 3 rings (SSSR count). The molecule has 0 spiro atoms. The predicted octanol–water partition coefficient (Wildman–Crippen LogP) is 3.90. The van der Waals surface area contributed by atoms with Crippen LogP contribution in [0.5, 0.6) is 0 Å². The number of carbonyl (C=O) groups is 1. The number of likely N-dealkylation sites (tertiary alicyclic amines) is 1. The zero-order valence-corrected chi connectivity index (χ0v) is 15.4. The molecule has 0 bridgehead atoms. The van der Waals surface area contributed by atoms with E-state index in [9.17, 15) is 9.18 Å². The molecule has 1 aliphatic rings. The van der Waals surface area contributed by atoms with E-state index in [4.69, 9.17) is 0 Å². The quantitative estimate of drug-likeness (QED) is 0.894. The maximum atomic E-state index is 14.5. The molecule has 0 saturated carbocycles. The number of rotatable bonds is 4. The van der Waals surface area contributed by atoms with E-state index in [-0.39, 0.29) is 23.9 Å². The van der Waals surface area contributed by atoms with E-state index < -0.39 is 5.82 Å². The number of hydrogen-bond acceptors (Lipinski definition) is 2. The molecule has 1 heterocycles. The molecule has 1 fully saturated rings. The van der Waals surface area contributed by atoms with E-state index in [1.54, 1.807) is 11.0 Å². The lowest BCUT2D eigenvalue weighted by atomic mass is 10.0. The normalized spacial score (nSPS) is 16.6. The molecule has 0 aliphatic carbocycles. The average Bonchev–Trinajstić information content (AvgIpc) is 3.04. The van der Waals surface area contributed by atoms with Crippen LogP contribution in [0.4, 0.5) is 4.39 Å². The largest absolute Gasteiger partial charge is 0.338 e. The minimum atomic E-state index is -0.449. The number of benzene rings is 2. The lowest BCUT2D eigenvalue weighted by Crippen LogP contribution is -2.30. The minimum Gasteiger partial charge on any atom is -0.338 e. The molecule has 3 nitrogen and oxygen atoms in total. The smallest absolute Gasteiger partial charge is 0.256 e. The molecule has 1 N–H and O–H groups in total. The van der Waals surface area contributed by atoms with E-state index >= 15 is 0 Å². The number of halogens is 2. The second kappa shape index (κ2) is 8.45. The third-order valence-corrected chi connectivity index (χ3v) is 4.65. The molecule has 0 aromatic heterocycles. The summed E-state index contributed by atoms with van der Waals surface area (Å²) in [6, 6.07) is 12.8. The van der Waals surface area contributed by atoms with Crippen LogP contribution in [0.1, 0.15) is 22.3 Å². The van der Waals surface area contributed by atoms with Gasteiger partial charge in [-0.3, -0.25) is 4.79 Å². The van der Waals surface area contributed by atoms with Gasteiger partial charge in [-0.05, 0) is 56.1 Å². The maximum Gasteiger partial charge on any atom is 0.256 e. The van der Waals surface area contributed by atoms with Gasteiger partial charge in [-0.15, -0.1) is 12.4 Å². The van der Waals surface area contributed by atoms with E-state index in [2.05, 4.69) is 5.32 Å². The summed E-state index contributed by atoms with van der Waals surface area (Å²) in [5.74, 6) is -0.203. The fraction of sp³-hybridized carbons (Fsp3) is 0.350. The van der Waals surface area contributed by atoms with Gasteiger partial charge in [0, 0.05) is 13.1 Å². The van der Waals surface area contributed by atoms with Crippen LogP contribution in [0.2, 0.25) is 0 Å². The summed E-state index contributed by atoms with van der Waals surface area (Å²) in [4.78, 5) is 14.3. The minimum absolute atomic E-state index is 0. The van der Waals surface area contributed by atoms with Gasteiger partial charge < -0.3 is 10.2 Å². The summed E-state index contributed by atoms with van der Waals surface area (Å²) >= 11 is 0. The monoisotopic (exact) mass is 362 g/mol. The van der Waals surface area contributed by atoms with E-state index in [0.717, 1.165) is 29.7 Å². The Kier molecular flexibility index (Phi) is 6.57. The van der Waals surface area contributed by atoms with Gasteiger partial charge in [0.05, 0.1) is 5.56 Å². The van der Waals surface area contributed by atoms with Crippen molar-refractivity contribution >= 4 is 18.3 Å². The van der Waals surface area contributed by atoms with Crippen LogP contribution in [0.15, 0.2) is 42.5 Å². The predicted molar refractivity (Wildman–Crippen MR) is 102 cm³/mol. The van der Waals surface area contributed by atoms with Crippen molar-refractivity contribution < 1.29 is 9.18 Å². The van der Waals surface area contributed by atoms with Crippen LogP contribution >= 0.6 is 12.4 Å². The first-order valence-electron chi connectivity index (χ1n) is 8.39. The molecule has 1 atom stereocenters. The van der Waals surface area contributed by atoms with Gasteiger partial charge in [0.2, 0.25) is 0 Å². The topological polar surface area (TPSA) is 32.3 Å². The van der Waals surface area contributed by atoms with Crippen molar-refractivity contribution in [2.45, 2.75) is 13.3 Å². The molecule has 1 aliphatic heterocycles. The number of carbonyl (C=O) groups excluding carboxylic acids is 1. The molecule has 25 heavy (non-hydrogen) atoms. The van der Waals surface area contributed by atoms with Crippen LogP contribution in [0.3, 0.4) is 0 Å². The van der Waals surface area contributed by atoms with Crippen LogP contribution in [-0.4, -0.2) is 37.5 Å². The number of nitrogens with zero attached hydrogens (tertiary/aromatic N) is 1. The molecule has 1 unspecified atom stereocenters. The Morgan fingerprint density at radius 2 is 1.88 bits per heavy atom. The summed E-state index contributed by atoms with van der Waals surface area (Å²) in [6.45, 7) is 4.30. The third kappa shape index (κ3) is 4.39. The molecule has 1 saturated heterocycles. The Morgan fingerprint density at radius 1 is 1.20 bits per heavy atom. The second-order valence-corrected chi connectivity index (χ2v) is 6.52. The lowest BCUT2D eigenvalue weighted by molar-refractivity contribution is 0.0782. The molecule has 2 aromatic rings. The van der Waals surface area contributed by atoms with Gasteiger partial charge >= 0.3 is 0 Å². The van der Waals surface area contributed by atoms with Crippen molar-refractivity contribution in [1.82, 2.24) is 10.2 Å². The maximum absolute atomic E-state index is 14.5. The Hall–Kier alpha value is -1.91. The highest BCUT2D eigenvalue weighted by Gasteiger charge is 2.27. The Bertz CT molecular complexity index is 733. The van der Waals surface area contributed by atoms with Crippen molar-refractivity contribution in [3.8, 4) is 11.1 Å². The number of hydrogen-bond donors (Lipinski definition) is 1. The van der Waals surface area contributed by atoms with Crippen molar-refractivity contribution in [3.63, 3.8) is 0 Å². The van der Waals surface area contributed by atoms with Crippen LogP contribution in [0.25, 0.3) is 11.1 Å².